The fraction of sp³-hybridized carbons (Fsp3) is 0.360. The Morgan fingerprint density at radius 3 is 2.53 bits per heavy atom. The molecule has 1 fully saturated rings. The van der Waals surface area contributed by atoms with Crippen molar-refractivity contribution in [3.05, 3.63) is 82.7 Å². The van der Waals surface area contributed by atoms with Gasteiger partial charge >= 0.3 is 0 Å². The van der Waals surface area contributed by atoms with Gasteiger partial charge in [0, 0.05) is 30.9 Å². The summed E-state index contributed by atoms with van der Waals surface area (Å²) < 4.78 is 2.00. The van der Waals surface area contributed by atoms with E-state index in [1.165, 1.54) is 16.8 Å². The van der Waals surface area contributed by atoms with Crippen LogP contribution in [-0.4, -0.2) is 52.2 Å². The van der Waals surface area contributed by atoms with Crippen LogP contribution in [0.15, 0.2) is 54.6 Å². The molecule has 5 nitrogen and oxygen atoms in total. The van der Waals surface area contributed by atoms with Crippen molar-refractivity contribution in [2.45, 2.75) is 32.2 Å². The van der Waals surface area contributed by atoms with E-state index in [4.69, 9.17) is 5.10 Å². The van der Waals surface area contributed by atoms with Crippen molar-refractivity contribution in [1.82, 2.24) is 19.6 Å². The molecule has 1 aromatic heterocycles. The summed E-state index contributed by atoms with van der Waals surface area (Å²) in [6.45, 7) is 4.54. The average molecular weight is 401 g/mol. The summed E-state index contributed by atoms with van der Waals surface area (Å²) in [5, 5.41) is 4.87. The van der Waals surface area contributed by atoms with Gasteiger partial charge in [-0.05, 0) is 50.9 Å². The first kappa shape index (κ1) is 19.1. The summed E-state index contributed by atoms with van der Waals surface area (Å²) in [6.07, 6.45) is 3.00. The lowest BCUT2D eigenvalue weighted by molar-refractivity contribution is 0.0491. The number of amides is 1. The summed E-state index contributed by atoms with van der Waals surface area (Å²) >= 11 is 0. The van der Waals surface area contributed by atoms with Gasteiger partial charge in [-0.15, -0.1) is 0 Å². The normalized spacial score (nSPS) is 19.1. The molecule has 0 radical (unpaired) electrons. The first-order chi connectivity index (χ1) is 14.6. The number of aryl methyl sites for hydroxylation is 1. The molecule has 5 heteroatoms. The highest BCUT2D eigenvalue weighted by Gasteiger charge is 2.35. The van der Waals surface area contributed by atoms with Crippen molar-refractivity contribution in [3.8, 4) is 5.69 Å². The molecule has 0 unspecified atom stereocenters. The van der Waals surface area contributed by atoms with Crippen molar-refractivity contribution >= 4 is 5.91 Å². The minimum absolute atomic E-state index is 0.0547. The molecule has 2 aliphatic rings. The Balaban J connectivity index is 1.53. The molecular weight excluding hydrogens is 372 g/mol. The van der Waals surface area contributed by atoms with E-state index in [1.807, 2.05) is 15.6 Å². The monoisotopic (exact) mass is 400 g/mol. The van der Waals surface area contributed by atoms with Crippen molar-refractivity contribution in [2.75, 3.05) is 26.7 Å². The summed E-state index contributed by atoms with van der Waals surface area (Å²) in [7, 11) is 2.13. The van der Waals surface area contributed by atoms with E-state index in [1.54, 1.807) is 0 Å². The van der Waals surface area contributed by atoms with E-state index in [0.717, 1.165) is 50.1 Å². The van der Waals surface area contributed by atoms with E-state index < -0.39 is 0 Å². The van der Waals surface area contributed by atoms with E-state index in [2.05, 4.69) is 67.4 Å². The number of nitrogens with zero attached hydrogens (tertiary/aromatic N) is 4. The topological polar surface area (TPSA) is 41.4 Å². The first-order valence-corrected chi connectivity index (χ1v) is 10.8. The molecule has 0 bridgehead atoms. The summed E-state index contributed by atoms with van der Waals surface area (Å²) in [5.74, 6) is 0.0703. The van der Waals surface area contributed by atoms with E-state index >= 15 is 0 Å². The molecule has 3 aromatic rings. The molecule has 2 aromatic carbocycles. The van der Waals surface area contributed by atoms with Crippen molar-refractivity contribution in [1.29, 1.82) is 0 Å². The highest BCUT2D eigenvalue weighted by Crippen LogP contribution is 2.32. The fourth-order valence-electron chi connectivity index (χ4n) is 4.77. The first-order valence-electron chi connectivity index (χ1n) is 10.8. The van der Waals surface area contributed by atoms with Gasteiger partial charge in [-0.25, -0.2) is 4.68 Å². The third-order valence-corrected chi connectivity index (χ3v) is 6.44. The Kier molecular flexibility index (Phi) is 4.91. The summed E-state index contributed by atoms with van der Waals surface area (Å²) in [5.41, 5.74) is 6.44. The predicted octanol–water partition coefficient (Wildman–Crippen LogP) is 3.80. The number of aromatic nitrogens is 2. The third kappa shape index (κ3) is 3.33. The highest BCUT2D eigenvalue weighted by atomic mass is 16.2. The standard InChI is InChI=1S/C25H28N4O/c1-18-11-13-20(14-12-18)29-22-10-6-9-21(22)24(26-29)25(30)28-16-15-27(2)17-23(28)19-7-4-3-5-8-19/h3-5,7-8,11-14,23H,6,9-10,15-17H2,1-2H3/t23-/m0/s1. The Labute approximate surface area is 177 Å². The molecular formula is C25H28N4O. The van der Waals surface area contributed by atoms with Crippen LogP contribution in [-0.2, 0) is 12.8 Å². The van der Waals surface area contributed by atoms with Crippen LogP contribution in [0.3, 0.4) is 0 Å². The van der Waals surface area contributed by atoms with Crippen LogP contribution in [0.4, 0.5) is 0 Å². The SMILES string of the molecule is Cc1ccc(-n2nc(C(=O)N3CCN(C)C[C@H]3c3ccccc3)c3c2CCC3)cc1. The second-order valence-electron chi connectivity index (χ2n) is 8.56. The number of hydrogen-bond acceptors (Lipinski definition) is 3. The number of benzene rings is 2. The van der Waals surface area contributed by atoms with Gasteiger partial charge in [0.25, 0.3) is 5.91 Å². The minimum atomic E-state index is 0.0547. The maximum absolute atomic E-state index is 13.8. The maximum Gasteiger partial charge on any atom is 0.275 e. The molecule has 0 spiro atoms. The molecule has 1 amide bonds. The molecule has 2 heterocycles. The van der Waals surface area contributed by atoms with Gasteiger partial charge in [-0.2, -0.15) is 5.10 Å². The quantitative estimate of drug-likeness (QED) is 0.672. The van der Waals surface area contributed by atoms with Crippen LogP contribution in [0.25, 0.3) is 5.69 Å². The van der Waals surface area contributed by atoms with Crippen LogP contribution >= 0.6 is 0 Å². The van der Waals surface area contributed by atoms with Crippen LogP contribution < -0.4 is 0 Å². The largest absolute Gasteiger partial charge is 0.328 e. The van der Waals surface area contributed by atoms with E-state index in [-0.39, 0.29) is 11.9 Å². The zero-order valence-corrected chi connectivity index (χ0v) is 17.7. The molecule has 1 aliphatic carbocycles. The summed E-state index contributed by atoms with van der Waals surface area (Å²) in [4.78, 5) is 18.1. The molecule has 0 saturated carbocycles. The van der Waals surface area contributed by atoms with Gasteiger partial charge < -0.3 is 9.80 Å². The van der Waals surface area contributed by atoms with Crippen LogP contribution in [0.1, 0.15) is 45.3 Å². The smallest absolute Gasteiger partial charge is 0.275 e. The van der Waals surface area contributed by atoms with Gasteiger partial charge in [0.2, 0.25) is 0 Å². The lowest BCUT2D eigenvalue weighted by Gasteiger charge is -2.40. The summed E-state index contributed by atoms with van der Waals surface area (Å²) in [6, 6.07) is 18.8. The Morgan fingerprint density at radius 1 is 1.00 bits per heavy atom. The number of hydrogen-bond donors (Lipinski definition) is 0. The lowest BCUT2D eigenvalue weighted by Crippen LogP contribution is -2.49. The fourth-order valence-corrected chi connectivity index (χ4v) is 4.77. The molecule has 30 heavy (non-hydrogen) atoms. The molecule has 1 saturated heterocycles. The van der Waals surface area contributed by atoms with Crippen LogP contribution in [0.2, 0.25) is 0 Å². The molecule has 0 N–H and O–H groups in total. The van der Waals surface area contributed by atoms with Gasteiger partial charge in [0.1, 0.15) is 0 Å². The number of carbonyl (C=O) groups excluding carboxylic acids is 1. The second-order valence-corrected chi connectivity index (χ2v) is 8.56. The Morgan fingerprint density at radius 2 is 1.77 bits per heavy atom. The van der Waals surface area contributed by atoms with Gasteiger partial charge in [0.05, 0.1) is 11.7 Å². The molecule has 5 rings (SSSR count). The number of rotatable bonds is 3. The third-order valence-electron chi connectivity index (χ3n) is 6.44. The zero-order chi connectivity index (χ0) is 20.7. The van der Waals surface area contributed by atoms with E-state index in [0.29, 0.717) is 5.69 Å². The maximum atomic E-state index is 13.8. The van der Waals surface area contributed by atoms with E-state index in [9.17, 15) is 4.79 Å². The molecule has 154 valence electrons. The number of likely N-dealkylation sites (N-methyl/N-ethyl adjacent to an activating group) is 1. The predicted molar refractivity (Wildman–Crippen MR) is 118 cm³/mol. The average Bonchev–Trinajstić information content (AvgIpc) is 3.37. The minimum Gasteiger partial charge on any atom is -0.328 e. The van der Waals surface area contributed by atoms with Crippen LogP contribution in [0.5, 0.6) is 0 Å². The number of carbonyl (C=O) groups is 1. The molecule has 1 atom stereocenters. The Hall–Kier alpha value is -2.92. The number of piperazine rings is 1. The van der Waals surface area contributed by atoms with Crippen molar-refractivity contribution in [2.24, 2.45) is 0 Å². The zero-order valence-electron chi connectivity index (χ0n) is 17.7. The van der Waals surface area contributed by atoms with Crippen LogP contribution in [0, 0.1) is 6.92 Å². The number of fused-ring (bicyclic) bond motifs is 1. The van der Waals surface area contributed by atoms with Gasteiger partial charge in [-0.3, -0.25) is 4.79 Å². The Bertz CT molecular complexity index is 1050. The van der Waals surface area contributed by atoms with Gasteiger partial charge in [-0.1, -0.05) is 48.0 Å². The highest BCUT2D eigenvalue weighted by molar-refractivity contribution is 5.94. The van der Waals surface area contributed by atoms with Crippen molar-refractivity contribution < 1.29 is 4.79 Å². The second kappa shape index (κ2) is 7.73. The van der Waals surface area contributed by atoms with Crippen molar-refractivity contribution in [3.63, 3.8) is 0 Å². The lowest BCUT2D eigenvalue weighted by atomic mass is 10.0. The molecule has 1 aliphatic heterocycles. The van der Waals surface area contributed by atoms with Gasteiger partial charge in [0.15, 0.2) is 5.69 Å².